The first kappa shape index (κ1) is 18.3. The molecule has 0 bridgehead atoms. The Morgan fingerprint density at radius 2 is 2.00 bits per heavy atom. The van der Waals surface area contributed by atoms with E-state index < -0.39 is 0 Å². The molecule has 1 atom stereocenters. The Morgan fingerprint density at radius 1 is 1.23 bits per heavy atom. The number of benzene rings is 1. The number of aromatic nitrogens is 3. The lowest BCUT2D eigenvalue weighted by Gasteiger charge is -2.13. The fourth-order valence-corrected chi connectivity index (χ4v) is 3.20. The molecule has 0 aliphatic carbocycles. The highest BCUT2D eigenvalue weighted by Gasteiger charge is 2.18. The molecule has 0 saturated heterocycles. The molecule has 0 spiro atoms. The van der Waals surface area contributed by atoms with Crippen LogP contribution in [0.5, 0.6) is 5.75 Å². The molecule has 1 amide bonds. The lowest BCUT2D eigenvalue weighted by molar-refractivity contribution is -0.115. The highest BCUT2D eigenvalue weighted by Crippen LogP contribution is 2.26. The molecule has 2 aromatic heterocycles. The minimum atomic E-state index is -0.355. The number of thioether (sulfide) groups is 1. The van der Waals surface area contributed by atoms with Gasteiger partial charge in [-0.05, 0) is 43.3 Å². The van der Waals surface area contributed by atoms with E-state index >= 15 is 0 Å². The van der Waals surface area contributed by atoms with E-state index in [9.17, 15) is 4.79 Å². The largest absolute Gasteiger partial charge is 0.497 e. The minimum absolute atomic E-state index is 0.158. The average Bonchev–Trinajstić information content (AvgIpc) is 3.11. The summed E-state index contributed by atoms with van der Waals surface area (Å²) >= 11 is 7.17. The van der Waals surface area contributed by atoms with Gasteiger partial charge in [-0.1, -0.05) is 23.4 Å². The maximum Gasteiger partial charge on any atom is 0.238 e. The van der Waals surface area contributed by atoms with Crippen molar-refractivity contribution in [2.75, 3.05) is 12.4 Å². The number of carbonyl (C=O) groups excluding carboxylic acids is 1. The molecular weight excluding hydrogens is 372 g/mol. The van der Waals surface area contributed by atoms with Crippen LogP contribution in [0.4, 0.5) is 5.82 Å². The molecule has 0 unspecified atom stereocenters. The van der Waals surface area contributed by atoms with Crippen LogP contribution in [0.3, 0.4) is 0 Å². The van der Waals surface area contributed by atoms with Crippen molar-refractivity contribution in [1.82, 2.24) is 14.5 Å². The van der Waals surface area contributed by atoms with Crippen LogP contribution < -0.4 is 10.1 Å². The van der Waals surface area contributed by atoms with Gasteiger partial charge in [0, 0.05) is 24.3 Å². The van der Waals surface area contributed by atoms with Gasteiger partial charge in [-0.3, -0.25) is 9.36 Å². The van der Waals surface area contributed by atoms with Crippen molar-refractivity contribution in [1.29, 1.82) is 0 Å². The van der Waals surface area contributed by atoms with Crippen molar-refractivity contribution in [2.45, 2.75) is 17.3 Å². The number of carbonyl (C=O) groups is 1. The van der Waals surface area contributed by atoms with Crippen LogP contribution in [0, 0.1) is 0 Å². The summed E-state index contributed by atoms with van der Waals surface area (Å²) in [6.07, 6.45) is 5.05. The predicted molar refractivity (Wildman–Crippen MR) is 103 cm³/mol. The highest BCUT2D eigenvalue weighted by atomic mass is 35.5. The summed E-state index contributed by atoms with van der Waals surface area (Å²) in [6.45, 7) is 1.82. The Kier molecular flexibility index (Phi) is 5.80. The number of imidazole rings is 1. The van der Waals surface area contributed by atoms with E-state index in [0.29, 0.717) is 10.8 Å². The van der Waals surface area contributed by atoms with Crippen LogP contribution in [0.25, 0.3) is 5.69 Å². The molecule has 3 aromatic rings. The number of amides is 1. The van der Waals surface area contributed by atoms with Crippen molar-refractivity contribution in [3.05, 3.63) is 60.0 Å². The Morgan fingerprint density at radius 3 is 2.65 bits per heavy atom. The molecule has 134 valence electrons. The van der Waals surface area contributed by atoms with E-state index in [2.05, 4.69) is 15.3 Å². The van der Waals surface area contributed by atoms with Gasteiger partial charge >= 0.3 is 0 Å². The summed E-state index contributed by atoms with van der Waals surface area (Å²) in [6, 6.07) is 11.0. The molecule has 6 nitrogen and oxygen atoms in total. The van der Waals surface area contributed by atoms with Gasteiger partial charge < -0.3 is 10.1 Å². The zero-order valence-corrected chi connectivity index (χ0v) is 15.8. The van der Waals surface area contributed by atoms with Gasteiger partial charge in [0.15, 0.2) is 5.16 Å². The minimum Gasteiger partial charge on any atom is -0.497 e. The number of halogens is 1. The Bertz CT molecular complexity index is 881. The van der Waals surface area contributed by atoms with Crippen molar-refractivity contribution in [2.24, 2.45) is 0 Å². The van der Waals surface area contributed by atoms with E-state index in [1.54, 1.807) is 25.4 Å². The first-order valence-corrected chi connectivity index (χ1v) is 9.09. The quantitative estimate of drug-likeness (QED) is 0.645. The summed E-state index contributed by atoms with van der Waals surface area (Å²) in [5, 5.41) is 3.66. The molecule has 1 N–H and O–H groups in total. The van der Waals surface area contributed by atoms with Crippen molar-refractivity contribution >= 4 is 35.1 Å². The number of methoxy groups -OCH3 is 1. The second kappa shape index (κ2) is 8.25. The first-order chi connectivity index (χ1) is 12.6. The van der Waals surface area contributed by atoms with Crippen LogP contribution in [0.15, 0.2) is 60.1 Å². The van der Waals surface area contributed by atoms with E-state index in [1.807, 2.05) is 42.0 Å². The van der Waals surface area contributed by atoms with Crippen LogP contribution in [-0.2, 0) is 4.79 Å². The normalized spacial score (nSPS) is 11.8. The monoisotopic (exact) mass is 388 g/mol. The Labute approximate surface area is 160 Å². The average molecular weight is 389 g/mol. The number of hydrogen-bond donors (Lipinski definition) is 1. The van der Waals surface area contributed by atoms with E-state index in [1.165, 1.54) is 18.0 Å². The third kappa shape index (κ3) is 4.36. The van der Waals surface area contributed by atoms with Gasteiger partial charge in [-0.2, -0.15) is 0 Å². The number of hydrogen-bond acceptors (Lipinski definition) is 5. The SMILES string of the molecule is COc1ccc(-n2ccnc2S[C@H](C)C(=O)Nc2ccc(Cl)cn2)cc1. The Hall–Kier alpha value is -2.51. The van der Waals surface area contributed by atoms with E-state index in [4.69, 9.17) is 16.3 Å². The third-order valence-corrected chi connectivity index (χ3v) is 4.89. The predicted octanol–water partition coefficient (Wildman–Crippen LogP) is 4.05. The topological polar surface area (TPSA) is 69.0 Å². The number of nitrogens with zero attached hydrogens (tertiary/aromatic N) is 3. The first-order valence-electron chi connectivity index (χ1n) is 7.83. The summed E-state index contributed by atoms with van der Waals surface area (Å²) in [5.74, 6) is 1.09. The molecule has 0 aliphatic heterocycles. The maximum atomic E-state index is 12.4. The van der Waals surface area contributed by atoms with Crippen LogP contribution in [0.2, 0.25) is 5.02 Å². The van der Waals surface area contributed by atoms with Crippen molar-refractivity contribution < 1.29 is 9.53 Å². The molecule has 8 heteroatoms. The third-order valence-electron chi connectivity index (χ3n) is 3.59. The molecule has 0 radical (unpaired) electrons. The number of pyridine rings is 1. The smallest absolute Gasteiger partial charge is 0.238 e. The maximum absolute atomic E-state index is 12.4. The second-order valence-corrected chi connectivity index (χ2v) is 7.13. The lowest BCUT2D eigenvalue weighted by atomic mass is 10.3. The van der Waals surface area contributed by atoms with Crippen LogP contribution in [-0.4, -0.2) is 32.8 Å². The molecular formula is C18H17ClN4O2S. The highest BCUT2D eigenvalue weighted by molar-refractivity contribution is 8.00. The van der Waals surface area contributed by atoms with Gasteiger partial charge in [0.05, 0.1) is 17.4 Å². The van der Waals surface area contributed by atoms with Crippen LogP contribution >= 0.6 is 23.4 Å². The zero-order chi connectivity index (χ0) is 18.5. The van der Waals surface area contributed by atoms with Gasteiger partial charge in [0.25, 0.3) is 0 Å². The van der Waals surface area contributed by atoms with Crippen molar-refractivity contribution in [3.8, 4) is 11.4 Å². The molecule has 0 saturated carbocycles. The summed E-state index contributed by atoms with van der Waals surface area (Å²) in [4.78, 5) is 20.8. The number of rotatable bonds is 6. The number of ether oxygens (including phenoxy) is 1. The number of nitrogens with one attached hydrogen (secondary N) is 1. The van der Waals surface area contributed by atoms with Gasteiger partial charge in [-0.15, -0.1) is 0 Å². The zero-order valence-electron chi connectivity index (χ0n) is 14.2. The summed E-state index contributed by atoms with van der Waals surface area (Å²) in [5.41, 5.74) is 0.942. The molecule has 2 heterocycles. The van der Waals surface area contributed by atoms with E-state index in [0.717, 1.165) is 16.6 Å². The molecule has 3 rings (SSSR count). The van der Waals surface area contributed by atoms with Crippen LogP contribution in [0.1, 0.15) is 6.92 Å². The standard InChI is InChI=1S/C18H17ClN4O2S/c1-12(17(24)22-16-8-3-13(19)11-21-16)26-18-20-9-10-23(18)14-4-6-15(25-2)7-5-14/h3-12H,1-2H3,(H,21,22,24)/t12-/m1/s1. The molecule has 0 aliphatic rings. The molecule has 0 fully saturated rings. The fraction of sp³-hybridized carbons (Fsp3) is 0.167. The molecule has 1 aromatic carbocycles. The van der Waals surface area contributed by atoms with E-state index in [-0.39, 0.29) is 11.2 Å². The Balaban J connectivity index is 1.69. The summed E-state index contributed by atoms with van der Waals surface area (Å²) < 4.78 is 7.10. The van der Waals surface area contributed by atoms with Gasteiger partial charge in [-0.25, -0.2) is 9.97 Å². The second-order valence-electron chi connectivity index (χ2n) is 5.39. The van der Waals surface area contributed by atoms with Gasteiger partial charge in [0.2, 0.25) is 5.91 Å². The lowest BCUT2D eigenvalue weighted by Crippen LogP contribution is -2.23. The summed E-state index contributed by atoms with van der Waals surface area (Å²) in [7, 11) is 1.63. The van der Waals surface area contributed by atoms with Gasteiger partial charge in [0.1, 0.15) is 11.6 Å². The fourth-order valence-electron chi connectivity index (χ4n) is 2.21. The number of anilines is 1. The molecule has 26 heavy (non-hydrogen) atoms. The van der Waals surface area contributed by atoms with Crippen molar-refractivity contribution in [3.63, 3.8) is 0 Å².